The van der Waals surface area contributed by atoms with Crippen molar-refractivity contribution in [1.29, 1.82) is 0 Å². The van der Waals surface area contributed by atoms with Crippen LogP contribution in [0.4, 0.5) is 0 Å². The molecule has 1 aliphatic rings. The molecule has 1 aliphatic heterocycles. The largest absolute Gasteiger partial charge is 0.366 e. The first kappa shape index (κ1) is 14.5. The van der Waals surface area contributed by atoms with Gasteiger partial charge in [-0.15, -0.1) is 0 Å². The van der Waals surface area contributed by atoms with E-state index < -0.39 is 5.91 Å². The summed E-state index contributed by atoms with van der Waals surface area (Å²) in [6.07, 6.45) is 2.08. The summed E-state index contributed by atoms with van der Waals surface area (Å²) in [5, 5.41) is 0. The normalized spacial score (nSPS) is 22.6. The van der Waals surface area contributed by atoms with E-state index >= 15 is 0 Å². The van der Waals surface area contributed by atoms with Gasteiger partial charge in [0.1, 0.15) is 0 Å². The molecule has 2 rings (SSSR count). The van der Waals surface area contributed by atoms with Gasteiger partial charge in [0, 0.05) is 30.3 Å². The topological polar surface area (TPSA) is 89.4 Å². The molecule has 1 aromatic carbocycles. The van der Waals surface area contributed by atoms with E-state index in [0.29, 0.717) is 30.1 Å². The first-order valence-corrected chi connectivity index (χ1v) is 6.95. The van der Waals surface area contributed by atoms with Crippen molar-refractivity contribution in [2.24, 2.45) is 17.4 Å². The number of hydrogen-bond acceptors (Lipinski definition) is 3. The zero-order chi connectivity index (χ0) is 14.7. The zero-order valence-corrected chi connectivity index (χ0v) is 11.7. The zero-order valence-electron chi connectivity index (χ0n) is 11.7. The predicted molar refractivity (Wildman–Crippen MR) is 77.2 cm³/mol. The van der Waals surface area contributed by atoms with E-state index in [1.807, 2.05) is 4.90 Å². The molecule has 108 valence electrons. The molecule has 5 heteroatoms. The number of likely N-dealkylation sites (tertiary alicyclic amines) is 1. The highest BCUT2D eigenvalue weighted by Crippen LogP contribution is 2.24. The lowest BCUT2D eigenvalue weighted by molar-refractivity contribution is 0.0532. The number of primary amides is 1. The van der Waals surface area contributed by atoms with Crippen LogP contribution in [-0.2, 0) is 0 Å². The van der Waals surface area contributed by atoms with Gasteiger partial charge in [-0.3, -0.25) is 9.59 Å². The molecule has 4 N–H and O–H groups in total. The Balaban J connectivity index is 2.25. The van der Waals surface area contributed by atoms with Crippen LogP contribution in [0.25, 0.3) is 0 Å². The fourth-order valence-corrected chi connectivity index (χ4v) is 2.83. The lowest BCUT2D eigenvalue weighted by atomic mass is 9.90. The number of carbonyl (C=O) groups is 2. The summed E-state index contributed by atoms with van der Waals surface area (Å²) >= 11 is 0. The van der Waals surface area contributed by atoms with E-state index in [4.69, 9.17) is 11.5 Å². The highest BCUT2D eigenvalue weighted by Gasteiger charge is 2.31. The fraction of sp³-hybridized carbons (Fsp3) is 0.467. The SMILES string of the molecule is CC1CCCN(C(=O)c2cccc(C(N)=O)c2)C1CN. The second-order valence-electron chi connectivity index (χ2n) is 5.37. The fourth-order valence-electron chi connectivity index (χ4n) is 2.83. The summed E-state index contributed by atoms with van der Waals surface area (Å²) in [4.78, 5) is 25.6. The van der Waals surface area contributed by atoms with Crippen molar-refractivity contribution in [2.45, 2.75) is 25.8 Å². The number of carbonyl (C=O) groups excluding carboxylic acids is 2. The van der Waals surface area contributed by atoms with Crippen LogP contribution in [0.2, 0.25) is 0 Å². The minimum atomic E-state index is -0.526. The van der Waals surface area contributed by atoms with Crippen LogP contribution in [0.15, 0.2) is 24.3 Å². The van der Waals surface area contributed by atoms with E-state index in [-0.39, 0.29) is 11.9 Å². The van der Waals surface area contributed by atoms with E-state index in [1.54, 1.807) is 24.3 Å². The van der Waals surface area contributed by atoms with Crippen molar-refractivity contribution < 1.29 is 9.59 Å². The molecule has 2 atom stereocenters. The minimum absolute atomic E-state index is 0.0634. The van der Waals surface area contributed by atoms with Gasteiger partial charge < -0.3 is 16.4 Å². The summed E-state index contributed by atoms with van der Waals surface area (Å²) < 4.78 is 0. The number of nitrogens with zero attached hydrogens (tertiary/aromatic N) is 1. The predicted octanol–water partition coefficient (Wildman–Crippen LogP) is 0.985. The molecule has 5 nitrogen and oxygen atoms in total. The maximum atomic E-state index is 12.6. The second-order valence-corrected chi connectivity index (χ2v) is 5.37. The van der Waals surface area contributed by atoms with Crippen molar-refractivity contribution in [3.8, 4) is 0 Å². The highest BCUT2D eigenvalue weighted by atomic mass is 16.2. The Morgan fingerprint density at radius 3 is 2.70 bits per heavy atom. The Bertz CT molecular complexity index is 516. The standard InChI is InChI=1S/C15H21N3O2/c1-10-4-3-7-18(13(10)9-16)15(20)12-6-2-5-11(8-12)14(17)19/h2,5-6,8,10,13H,3-4,7,9,16H2,1H3,(H2,17,19). The van der Waals surface area contributed by atoms with Gasteiger partial charge in [0.2, 0.25) is 5.91 Å². The molecule has 0 bridgehead atoms. The Morgan fingerprint density at radius 2 is 2.05 bits per heavy atom. The summed E-state index contributed by atoms with van der Waals surface area (Å²) in [5.41, 5.74) is 11.9. The number of hydrogen-bond donors (Lipinski definition) is 2. The molecule has 20 heavy (non-hydrogen) atoms. The molecule has 0 radical (unpaired) electrons. The third-order valence-electron chi connectivity index (χ3n) is 4.01. The highest BCUT2D eigenvalue weighted by molar-refractivity contribution is 5.99. The molecular weight excluding hydrogens is 254 g/mol. The smallest absolute Gasteiger partial charge is 0.254 e. The van der Waals surface area contributed by atoms with Crippen molar-refractivity contribution in [1.82, 2.24) is 4.90 Å². The minimum Gasteiger partial charge on any atom is -0.366 e. The van der Waals surface area contributed by atoms with Gasteiger partial charge in [-0.2, -0.15) is 0 Å². The third kappa shape index (κ3) is 2.82. The Hall–Kier alpha value is -1.88. The van der Waals surface area contributed by atoms with Crippen molar-refractivity contribution >= 4 is 11.8 Å². The quantitative estimate of drug-likeness (QED) is 0.861. The summed E-state index contributed by atoms with van der Waals surface area (Å²) in [6, 6.07) is 6.61. The molecule has 0 aromatic heterocycles. The van der Waals surface area contributed by atoms with Crippen LogP contribution in [0.3, 0.4) is 0 Å². The van der Waals surface area contributed by atoms with Gasteiger partial charge in [-0.1, -0.05) is 13.0 Å². The van der Waals surface area contributed by atoms with Crippen molar-refractivity contribution in [3.63, 3.8) is 0 Å². The van der Waals surface area contributed by atoms with Crippen molar-refractivity contribution in [3.05, 3.63) is 35.4 Å². The number of nitrogens with two attached hydrogens (primary N) is 2. The lowest BCUT2D eigenvalue weighted by Gasteiger charge is -2.39. The van der Waals surface area contributed by atoms with E-state index in [2.05, 4.69) is 6.92 Å². The van der Waals surface area contributed by atoms with E-state index in [1.165, 1.54) is 0 Å². The molecule has 1 fully saturated rings. The van der Waals surface area contributed by atoms with Crippen molar-refractivity contribution in [2.75, 3.05) is 13.1 Å². The Kier molecular flexibility index (Phi) is 4.39. The van der Waals surface area contributed by atoms with E-state index in [0.717, 1.165) is 12.8 Å². The summed E-state index contributed by atoms with van der Waals surface area (Å²) in [6.45, 7) is 3.30. The average molecular weight is 275 g/mol. The number of rotatable bonds is 3. The molecule has 0 aliphatic carbocycles. The second kappa shape index (κ2) is 6.05. The van der Waals surface area contributed by atoms with Crippen LogP contribution in [0.1, 0.15) is 40.5 Å². The maximum Gasteiger partial charge on any atom is 0.254 e. The first-order chi connectivity index (χ1) is 9.54. The van der Waals surface area contributed by atoms with Crippen LogP contribution < -0.4 is 11.5 Å². The molecular formula is C15H21N3O2. The number of benzene rings is 1. The molecule has 1 saturated heterocycles. The monoisotopic (exact) mass is 275 g/mol. The van der Waals surface area contributed by atoms with Crippen LogP contribution >= 0.6 is 0 Å². The molecule has 0 spiro atoms. The van der Waals surface area contributed by atoms with Gasteiger partial charge in [0.15, 0.2) is 0 Å². The third-order valence-corrected chi connectivity index (χ3v) is 4.01. The van der Waals surface area contributed by atoms with Crippen LogP contribution in [-0.4, -0.2) is 35.8 Å². The summed E-state index contributed by atoms with van der Waals surface area (Å²) in [7, 11) is 0. The van der Waals surface area contributed by atoms with Crippen LogP contribution in [0, 0.1) is 5.92 Å². The first-order valence-electron chi connectivity index (χ1n) is 6.95. The van der Waals surface area contributed by atoms with Gasteiger partial charge in [0.05, 0.1) is 0 Å². The Labute approximate surface area is 118 Å². The van der Waals surface area contributed by atoms with Gasteiger partial charge >= 0.3 is 0 Å². The molecule has 1 aromatic rings. The summed E-state index contributed by atoms with van der Waals surface area (Å²) in [5.74, 6) is -0.200. The van der Waals surface area contributed by atoms with Gasteiger partial charge in [0.25, 0.3) is 5.91 Å². The molecule has 1 heterocycles. The van der Waals surface area contributed by atoms with E-state index in [9.17, 15) is 9.59 Å². The number of amides is 2. The lowest BCUT2D eigenvalue weighted by Crippen LogP contribution is -2.51. The Morgan fingerprint density at radius 1 is 1.35 bits per heavy atom. The number of piperidine rings is 1. The van der Waals surface area contributed by atoms with Gasteiger partial charge in [-0.05, 0) is 37.0 Å². The van der Waals surface area contributed by atoms with Crippen LogP contribution in [0.5, 0.6) is 0 Å². The molecule has 2 unspecified atom stereocenters. The molecule has 0 saturated carbocycles. The van der Waals surface area contributed by atoms with Gasteiger partial charge in [-0.25, -0.2) is 0 Å². The average Bonchev–Trinajstić information content (AvgIpc) is 2.46. The molecule has 2 amide bonds. The maximum absolute atomic E-state index is 12.6.